The van der Waals surface area contributed by atoms with Crippen molar-refractivity contribution in [2.75, 3.05) is 18.2 Å². The number of nitrogens with zero attached hydrogens (tertiary/aromatic N) is 2. The summed E-state index contributed by atoms with van der Waals surface area (Å²) in [6, 6.07) is 3.57. The zero-order valence-electron chi connectivity index (χ0n) is 13.6. The van der Waals surface area contributed by atoms with Gasteiger partial charge in [0.2, 0.25) is 0 Å². The van der Waals surface area contributed by atoms with E-state index in [2.05, 4.69) is 20.3 Å². The lowest BCUT2D eigenvalue weighted by atomic mass is 10.1. The standard InChI is InChI=1S/C17H18FN5O/c1-9(2)4-10-5-13(14(24-3)6-12(10)19)23-17-15-11(18)7-20-16(15)21-8-22-17/h4-8H,19H2,1-3H3,(H2,20,21,22,23). The van der Waals surface area contributed by atoms with Crippen LogP contribution in [0, 0.1) is 5.82 Å². The molecule has 4 N–H and O–H groups in total. The minimum atomic E-state index is -0.424. The summed E-state index contributed by atoms with van der Waals surface area (Å²) in [5.41, 5.74) is 9.67. The molecule has 1 aromatic carbocycles. The molecule has 0 aliphatic carbocycles. The molecule has 0 spiro atoms. The van der Waals surface area contributed by atoms with Crippen LogP contribution in [-0.4, -0.2) is 22.1 Å². The maximum Gasteiger partial charge on any atom is 0.153 e. The Balaban J connectivity index is 2.11. The number of hydrogen-bond donors (Lipinski definition) is 3. The third kappa shape index (κ3) is 2.88. The summed E-state index contributed by atoms with van der Waals surface area (Å²) in [5.74, 6) is 0.470. The molecule has 3 aromatic rings. The van der Waals surface area contributed by atoms with E-state index >= 15 is 0 Å². The third-order valence-corrected chi connectivity index (χ3v) is 3.52. The molecule has 0 amide bonds. The van der Waals surface area contributed by atoms with Crippen molar-refractivity contribution in [3.8, 4) is 5.75 Å². The van der Waals surface area contributed by atoms with Crippen LogP contribution in [0.15, 0.2) is 30.2 Å². The van der Waals surface area contributed by atoms with Gasteiger partial charge in [-0.05, 0) is 25.5 Å². The predicted octanol–water partition coefficient (Wildman–Crippen LogP) is 3.85. The van der Waals surface area contributed by atoms with E-state index in [0.717, 1.165) is 11.1 Å². The number of aromatic amines is 1. The minimum absolute atomic E-state index is 0.292. The average Bonchev–Trinajstić information content (AvgIpc) is 2.92. The molecule has 6 nitrogen and oxygen atoms in total. The van der Waals surface area contributed by atoms with Crippen LogP contribution in [0.4, 0.5) is 21.6 Å². The van der Waals surface area contributed by atoms with Crippen molar-refractivity contribution in [2.24, 2.45) is 0 Å². The molecular formula is C17H18FN5O. The summed E-state index contributed by atoms with van der Waals surface area (Å²) in [7, 11) is 1.55. The quantitative estimate of drug-likeness (QED) is 0.633. The molecule has 0 unspecified atom stereocenters. The van der Waals surface area contributed by atoms with Crippen molar-refractivity contribution in [3.05, 3.63) is 41.6 Å². The topological polar surface area (TPSA) is 88.8 Å². The first-order valence-electron chi connectivity index (χ1n) is 7.36. The highest BCUT2D eigenvalue weighted by Crippen LogP contribution is 2.34. The van der Waals surface area contributed by atoms with Gasteiger partial charge in [-0.25, -0.2) is 14.4 Å². The Morgan fingerprint density at radius 2 is 2.12 bits per heavy atom. The fourth-order valence-electron chi connectivity index (χ4n) is 2.46. The number of halogens is 1. The van der Waals surface area contributed by atoms with E-state index < -0.39 is 5.82 Å². The summed E-state index contributed by atoms with van der Waals surface area (Å²) in [4.78, 5) is 10.9. The normalized spacial score (nSPS) is 10.7. The summed E-state index contributed by atoms with van der Waals surface area (Å²) < 4.78 is 19.4. The van der Waals surface area contributed by atoms with E-state index in [1.165, 1.54) is 12.5 Å². The highest BCUT2D eigenvalue weighted by Gasteiger charge is 2.14. The fourth-order valence-corrected chi connectivity index (χ4v) is 2.46. The Morgan fingerprint density at radius 1 is 1.33 bits per heavy atom. The summed E-state index contributed by atoms with van der Waals surface area (Å²) >= 11 is 0. The molecular weight excluding hydrogens is 309 g/mol. The van der Waals surface area contributed by atoms with Crippen molar-refractivity contribution in [2.45, 2.75) is 13.8 Å². The molecule has 0 aliphatic heterocycles. The van der Waals surface area contributed by atoms with E-state index in [9.17, 15) is 4.39 Å². The zero-order valence-corrected chi connectivity index (χ0v) is 13.6. The molecule has 24 heavy (non-hydrogen) atoms. The Hall–Kier alpha value is -3.09. The van der Waals surface area contributed by atoms with Crippen molar-refractivity contribution >= 4 is 34.3 Å². The molecule has 0 radical (unpaired) electrons. The van der Waals surface area contributed by atoms with E-state index in [1.807, 2.05) is 26.0 Å². The molecule has 0 saturated heterocycles. The van der Waals surface area contributed by atoms with Crippen LogP contribution in [0.2, 0.25) is 0 Å². The van der Waals surface area contributed by atoms with Gasteiger partial charge in [-0.15, -0.1) is 0 Å². The summed E-state index contributed by atoms with van der Waals surface area (Å²) in [5, 5.41) is 3.41. The molecule has 124 valence electrons. The van der Waals surface area contributed by atoms with Crippen LogP contribution >= 0.6 is 0 Å². The number of ether oxygens (including phenoxy) is 1. The molecule has 7 heteroatoms. The Morgan fingerprint density at radius 3 is 2.83 bits per heavy atom. The first-order valence-corrected chi connectivity index (χ1v) is 7.36. The summed E-state index contributed by atoms with van der Waals surface area (Å²) in [6.45, 7) is 3.97. The van der Waals surface area contributed by atoms with Gasteiger partial charge >= 0.3 is 0 Å². The molecule has 0 bridgehead atoms. The minimum Gasteiger partial charge on any atom is -0.494 e. The van der Waals surface area contributed by atoms with E-state index in [1.54, 1.807) is 13.2 Å². The first-order chi connectivity index (χ1) is 11.5. The number of nitrogen functional groups attached to an aromatic ring is 1. The summed E-state index contributed by atoms with van der Waals surface area (Å²) in [6.07, 6.45) is 4.58. The number of rotatable bonds is 4. The van der Waals surface area contributed by atoms with Gasteiger partial charge < -0.3 is 20.8 Å². The number of methoxy groups -OCH3 is 1. The van der Waals surface area contributed by atoms with E-state index in [0.29, 0.717) is 34.0 Å². The monoisotopic (exact) mass is 327 g/mol. The second-order valence-electron chi connectivity index (χ2n) is 5.61. The van der Waals surface area contributed by atoms with E-state index in [-0.39, 0.29) is 0 Å². The van der Waals surface area contributed by atoms with Crippen LogP contribution < -0.4 is 15.8 Å². The van der Waals surface area contributed by atoms with Gasteiger partial charge in [0.25, 0.3) is 0 Å². The Bertz CT molecular complexity index is 928. The van der Waals surface area contributed by atoms with Crippen molar-refractivity contribution < 1.29 is 9.13 Å². The SMILES string of the molecule is COc1cc(N)c(C=C(C)C)cc1Nc1ncnc2[nH]cc(F)c12. The lowest BCUT2D eigenvalue weighted by Crippen LogP contribution is -2.01. The van der Waals surface area contributed by atoms with Gasteiger partial charge in [0.1, 0.15) is 23.5 Å². The van der Waals surface area contributed by atoms with Gasteiger partial charge in [0.05, 0.1) is 18.2 Å². The Labute approximate surface area is 138 Å². The van der Waals surface area contributed by atoms with Crippen molar-refractivity contribution in [1.29, 1.82) is 0 Å². The van der Waals surface area contributed by atoms with Crippen LogP contribution in [0.3, 0.4) is 0 Å². The van der Waals surface area contributed by atoms with Gasteiger partial charge in [0, 0.05) is 18.0 Å². The molecule has 0 aliphatic rings. The van der Waals surface area contributed by atoms with Crippen molar-refractivity contribution in [3.63, 3.8) is 0 Å². The number of H-pyrrole nitrogens is 1. The van der Waals surface area contributed by atoms with Crippen LogP contribution in [-0.2, 0) is 0 Å². The Kier molecular flexibility index (Phi) is 4.07. The van der Waals surface area contributed by atoms with Crippen molar-refractivity contribution in [1.82, 2.24) is 15.0 Å². The maximum atomic E-state index is 14.0. The first kappa shape index (κ1) is 15.8. The highest BCUT2D eigenvalue weighted by atomic mass is 19.1. The molecule has 2 aromatic heterocycles. The van der Waals surface area contributed by atoms with Gasteiger partial charge in [-0.3, -0.25) is 0 Å². The second-order valence-corrected chi connectivity index (χ2v) is 5.61. The lowest BCUT2D eigenvalue weighted by Gasteiger charge is -2.14. The van der Waals surface area contributed by atoms with Gasteiger partial charge in [-0.1, -0.05) is 11.6 Å². The fraction of sp³-hybridized carbons (Fsp3) is 0.176. The number of anilines is 3. The van der Waals surface area contributed by atoms with Gasteiger partial charge in [-0.2, -0.15) is 0 Å². The van der Waals surface area contributed by atoms with Gasteiger partial charge in [0.15, 0.2) is 5.82 Å². The second kappa shape index (κ2) is 6.19. The van der Waals surface area contributed by atoms with Crippen LogP contribution in [0.5, 0.6) is 5.75 Å². The number of aromatic nitrogens is 3. The number of benzene rings is 1. The molecule has 3 rings (SSSR count). The molecule has 0 fully saturated rings. The van der Waals surface area contributed by atoms with Crippen LogP contribution in [0.1, 0.15) is 19.4 Å². The third-order valence-electron chi connectivity index (χ3n) is 3.52. The largest absolute Gasteiger partial charge is 0.494 e. The molecule has 0 atom stereocenters. The number of hydrogen-bond acceptors (Lipinski definition) is 5. The predicted molar refractivity (Wildman–Crippen MR) is 93.9 cm³/mol. The molecule has 0 saturated carbocycles. The number of nitrogens with one attached hydrogen (secondary N) is 2. The maximum absolute atomic E-state index is 14.0. The smallest absolute Gasteiger partial charge is 0.153 e. The number of allylic oxidation sites excluding steroid dienone is 1. The highest BCUT2D eigenvalue weighted by molar-refractivity contribution is 5.90. The molecule has 2 heterocycles. The number of fused-ring (bicyclic) bond motifs is 1. The number of nitrogens with two attached hydrogens (primary N) is 1. The van der Waals surface area contributed by atoms with E-state index in [4.69, 9.17) is 10.5 Å². The average molecular weight is 327 g/mol. The lowest BCUT2D eigenvalue weighted by molar-refractivity contribution is 0.417. The van der Waals surface area contributed by atoms with Crippen LogP contribution in [0.25, 0.3) is 17.1 Å². The zero-order chi connectivity index (χ0) is 17.3.